The average Bonchev–Trinajstić information content (AvgIpc) is 2.43. The number of carboxylic acid groups (broad SMARTS) is 1. The lowest BCUT2D eigenvalue weighted by Crippen LogP contribution is -2.17. The van der Waals surface area contributed by atoms with Gasteiger partial charge in [0.25, 0.3) is 0 Å². The van der Waals surface area contributed by atoms with Crippen molar-refractivity contribution in [2.45, 2.75) is 6.42 Å². The zero-order valence-electron chi connectivity index (χ0n) is 10.8. The number of nitrogens with one attached hydrogen (secondary N) is 1. The van der Waals surface area contributed by atoms with Gasteiger partial charge in [0.15, 0.2) is 0 Å². The molecule has 0 fully saturated rings. The molecule has 1 heterocycles. The normalized spacial score (nSPS) is 10.1. The smallest absolute Gasteiger partial charge is 0.337 e. The first-order valence-electron chi connectivity index (χ1n) is 5.99. The van der Waals surface area contributed by atoms with Crippen molar-refractivity contribution in [2.75, 3.05) is 11.1 Å². The summed E-state index contributed by atoms with van der Waals surface area (Å²) in [5.41, 5.74) is 6.17. The van der Waals surface area contributed by atoms with Gasteiger partial charge in [-0.15, -0.1) is 0 Å². The SMILES string of the molecule is Nc1ccc(CC(=O)Nc2ccc(F)cc2C(=O)O)nc1. The molecule has 2 aromatic rings. The molecule has 0 spiro atoms. The van der Waals surface area contributed by atoms with Crippen molar-refractivity contribution in [3.05, 3.63) is 53.6 Å². The molecular formula is C14H12FN3O3. The minimum Gasteiger partial charge on any atom is -0.478 e. The summed E-state index contributed by atoms with van der Waals surface area (Å²) in [7, 11) is 0. The monoisotopic (exact) mass is 289 g/mol. The summed E-state index contributed by atoms with van der Waals surface area (Å²) in [6, 6.07) is 6.32. The van der Waals surface area contributed by atoms with Crippen molar-refractivity contribution in [3.63, 3.8) is 0 Å². The second-order valence-electron chi connectivity index (χ2n) is 4.30. The third-order valence-corrected chi connectivity index (χ3v) is 2.68. The summed E-state index contributed by atoms with van der Waals surface area (Å²) in [4.78, 5) is 26.8. The highest BCUT2D eigenvalue weighted by Gasteiger charge is 2.14. The highest BCUT2D eigenvalue weighted by Crippen LogP contribution is 2.17. The van der Waals surface area contributed by atoms with E-state index in [1.165, 1.54) is 12.3 Å². The van der Waals surface area contributed by atoms with Gasteiger partial charge in [0.1, 0.15) is 5.82 Å². The number of halogens is 1. The molecule has 2 rings (SSSR count). The number of pyridine rings is 1. The van der Waals surface area contributed by atoms with Crippen LogP contribution in [0, 0.1) is 5.82 Å². The van der Waals surface area contributed by atoms with Crippen LogP contribution in [0.1, 0.15) is 16.1 Å². The summed E-state index contributed by atoms with van der Waals surface area (Å²) in [5, 5.41) is 11.4. The van der Waals surface area contributed by atoms with Gasteiger partial charge in [0.2, 0.25) is 5.91 Å². The molecule has 0 aliphatic heterocycles. The van der Waals surface area contributed by atoms with Gasteiger partial charge in [0.05, 0.1) is 29.6 Å². The maximum Gasteiger partial charge on any atom is 0.337 e. The van der Waals surface area contributed by atoms with Gasteiger partial charge in [-0.3, -0.25) is 9.78 Å². The topological polar surface area (TPSA) is 105 Å². The number of nitrogens with two attached hydrogens (primary N) is 1. The number of carboxylic acids is 1. The Bertz CT molecular complexity index is 686. The number of aromatic nitrogens is 1. The molecule has 0 atom stereocenters. The summed E-state index contributed by atoms with van der Waals surface area (Å²) in [6.45, 7) is 0. The van der Waals surface area contributed by atoms with Crippen LogP contribution in [0.2, 0.25) is 0 Å². The fraction of sp³-hybridized carbons (Fsp3) is 0.0714. The number of carbonyl (C=O) groups is 2. The second-order valence-corrected chi connectivity index (χ2v) is 4.30. The van der Waals surface area contributed by atoms with E-state index in [0.29, 0.717) is 11.4 Å². The zero-order valence-corrected chi connectivity index (χ0v) is 10.8. The van der Waals surface area contributed by atoms with Crippen LogP contribution in [0.3, 0.4) is 0 Å². The van der Waals surface area contributed by atoms with E-state index in [1.54, 1.807) is 12.1 Å². The molecule has 1 amide bonds. The summed E-state index contributed by atoms with van der Waals surface area (Å²) in [6.07, 6.45) is 1.37. The van der Waals surface area contributed by atoms with Crippen molar-refractivity contribution in [3.8, 4) is 0 Å². The van der Waals surface area contributed by atoms with E-state index >= 15 is 0 Å². The van der Waals surface area contributed by atoms with E-state index in [-0.39, 0.29) is 17.7 Å². The Morgan fingerprint density at radius 2 is 2.05 bits per heavy atom. The maximum atomic E-state index is 13.0. The summed E-state index contributed by atoms with van der Waals surface area (Å²) < 4.78 is 13.0. The predicted octanol–water partition coefficient (Wildman–Crippen LogP) is 1.68. The van der Waals surface area contributed by atoms with Crippen LogP contribution >= 0.6 is 0 Å². The van der Waals surface area contributed by atoms with Crippen LogP contribution in [0.15, 0.2) is 36.5 Å². The van der Waals surface area contributed by atoms with Crippen LogP contribution in [0.5, 0.6) is 0 Å². The number of anilines is 2. The summed E-state index contributed by atoms with van der Waals surface area (Å²) >= 11 is 0. The lowest BCUT2D eigenvalue weighted by atomic mass is 10.1. The Hall–Kier alpha value is -2.96. The molecule has 21 heavy (non-hydrogen) atoms. The fourth-order valence-corrected chi connectivity index (χ4v) is 1.70. The van der Waals surface area contributed by atoms with Crippen molar-refractivity contribution < 1.29 is 19.1 Å². The molecule has 0 saturated carbocycles. The molecule has 0 aliphatic rings. The van der Waals surface area contributed by atoms with E-state index in [9.17, 15) is 14.0 Å². The number of hydrogen-bond donors (Lipinski definition) is 3. The highest BCUT2D eigenvalue weighted by molar-refractivity contribution is 6.00. The standard InChI is InChI=1S/C14H12FN3O3/c15-8-1-4-12(11(5-8)14(20)21)18-13(19)6-10-3-2-9(16)7-17-10/h1-5,7H,6,16H2,(H,18,19)(H,20,21). The first kappa shape index (κ1) is 14.4. The van der Waals surface area contributed by atoms with Crippen LogP contribution in [0.25, 0.3) is 0 Å². The van der Waals surface area contributed by atoms with Crippen molar-refractivity contribution in [2.24, 2.45) is 0 Å². The highest BCUT2D eigenvalue weighted by atomic mass is 19.1. The Labute approximate surface area is 119 Å². The molecule has 0 bridgehead atoms. The van der Waals surface area contributed by atoms with E-state index in [4.69, 9.17) is 10.8 Å². The third-order valence-electron chi connectivity index (χ3n) is 2.68. The average molecular weight is 289 g/mol. The van der Waals surface area contributed by atoms with Crippen molar-refractivity contribution >= 4 is 23.3 Å². The number of nitrogen functional groups attached to an aromatic ring is 1. The number of carbonyl (C=O) groups excluding carboxylic acids is 1. The van der Waals surface area contributed by atoms with E-state index in [1.807, 2.05) is 0 Å². The van der Waals surface area contributed by atoms with Gasteiger partial charge in [-0.25, -0.2) is 9.18 Å². The predicted molar refractivity (Wildman–Crippen MR) is 74.3 cm³/mol. The van der Waals surface area contributed by atoms with Gasteiger partial charge >= 0.3 is 5.97 Å². The Morgan fingerprint density at radius 3 is 2.67 bits per heavy atom. The van der Waals surface area contributed by atoms with Gasteiger partial charge in [0, 0.05) is 5.69 Å². The molecule has 4 N–H and O–H groups in total. The minimum atomic E-state index is -1.32. The Kier molecular flexibility index (Phi) is 4.13. The molecule has 0 aliphatic carbocycles. The Morgan fingerprint density at radius 1 is 1.29 bits per heavy atom. The molecule has 6 nitrogen and oxygen atoms in total. The molecule has 0 saturated heterocycles. The van der Waals surface area contributed by atoms with Crippen LogP contribution in [-0.4, -0.2) is 22.0 Å². The first-order chi connectivity index (χ1) is 9.95. The number of hydrogen-bond acceptors (Lipinski definition) is 4. The minimum absolute atomic E-state index is 0.0318. The quantitative estimate of drug-likeness (QED) is 0.794. The van der Waals surface area contributed by atoms with Crippen molar-refractivity contribution in [1.82, 2.24) is 4.98 Å². The van der Waals surface area contributed by atoms with Gasteiger partial charge in [-0.1, -0.05) is 0 Å². The number of aromatic carboxylic acids is 1. The number of amides is 1. The molecule has 108 valence electrons. The number of benzene rings is 1. The van der Waals surface area contributed by atoms with Gasteiger partial charge in [-0.2, -0.15) is 0 Å². The maximum absolute atomic E-state index is 13.0. The summed E-state index contributed by atoms with van der Waals surface area (Å²) in [5.74, 6) is -2.47. The zero-order chi connectivity index (χ0) is 15.4. The molecule has 1 aromatic heterocycles. The Balaban J connectivity index is 2.12. The third kappa shape index (κ3) is 3.75. The molecule has 7 heteroatoms. The molecular weight excluding hydrogens is 277 g/mol. The van der Waals surface area contributed by atoms with E-state index in [2.05, 4.69) is 10.3 Å². The van der Waals surface area contributed by atoms with E-state index in [0.717, 1.165) is 12.1 Å². The van der Waals surface area contributed by atoms with Crippen LogP contribution in [0.4, 0.5) is 15.8 Å². The molecule has 0 radical (unpaired) electrons. The first-order valence-corrected chi connectivity index (χ1v) is 5.99. The second kappa shape index (κ2) is 6.00. The molecule has 0 unspecified atom stereocenters. The number of nitrogens with zero attached hydrogens (tertiary/aromatic N) is 1. The fourth-order valence-electron chi connectivity index (χ4n) is 1.70. The van der Waals surface area contributed by atoms with Crippen LogP contribution in [-0.2, 0) is 11.2 Å². The van der Waals surface area contributed by atoms with Gasteiger partial charge < -0.3 is 16.2 Å². The largest absolute Gasteiger partial charge is 0.478 e. The number of rotatable bonds is 4. The molecule has 1 aromatic carbocycles. The lowest BCUT2D eigenvalue weighted by molar-refractivity contribution is -0.115. The van der Waals surface area contributed by atoms with Gasteiger partial charge in [-0.05, 0) is 30.3 Å². The van der Waals surface area contributed by atoms with Crippen LogP contribution < -0.4 is 11.1 Å². The lowest BCUT2D eigenvalue weighted by Gasteiger charge is -2.08. The van der Waals surface area contributed by atoms with Crippen molar-refractivity contribution in [1.29, 1.82) is 0 Å². The van der Waals surface area contributed by atoms with E-state index < -0.39 is 17.7 Å².